The van der Waals surface area contributed by atoms with E-state index in [1.165, 1.54) is 51.4 Å². The average Bonchev–Trinajstić information content (AvgIpc) is 2.67. The standard InChI is InChI=1S/C23H31N3O2/c24-22(27)16-4-5-20(26-6-2-1-3-7-26)19(13-16)25-23(28)21-17-9-14-8-15(11-17)12-18(21)10-14/h4-5,13-15,17-18,21H,1-3,6-12H2,(H2,24,27)(H,25,28). The van der Waals surface area contributed by atoms with Crippen LogP contribution in [0.2, 0.25) is 0 Å². The van der Waals surface area contributed by atoms with Crippen molar-refractivity contribution in [1.29, 1.82) is 0 Å². The lowest BCUT2D eigenvalue weighted by Gasteiger charge is -2.53. The molecule has 150 valence electrons. The minimum atomic E-state index is -0.449. The molecule has 0 atom stereocenters. The highest BCUT2D eigenvalue weighted by atomic mass is 16.2. The lowest BCUT2D eigenvalue weighted by molar-refractivity contribution is -0.132. The number of anilines is 2. The molecule has 1 aromatic carbocycles. The van der Waals surface area contributed by atoms with Crippen molar-refractivity contribution in [3.8, 4) is 0 Å². The number of carbonyl (C=O) groups is 2. The van der Waals surface area contributed by atoms with Gasteiger partial charge < -0.3 is 16.0 Å². The summed E-state index contributed by atoms with van der Waals surface area (Å²) < 4.78 is 0. The van der Waals surface area contributed by atoms with Gasteiger partial charge in [0.1, 0.15) is 0 Å². The topological polar surface area (TPSA) is 75.4 Å². The fraction of sp³-hybridized carbons (Fsp3) is 0.652. The molecule has 5 heteroatoms. The predicted molar refractivity (Wildman–Crippen MR) is 110 cm³/mol. The van der Waals surface area contributed by atoms with Crippen molar-refractivity contribution < 1.29 is 9.59 Å². The number of primary amides is 1. The number of amides is 2. The first kappa shape index (κ1) is 18.0. The molecular weight excluding hydrogens is 350 g/mol. The van der Waals surface area contributed by atoms with Gasteiger partial charge in [-0.25, -0.2) is 0 Å². The van der Waals surface area contributed by atoms with E-state index in [0.29, 0.717) is 17.4 Å². The third-order valence-corrected chi connectivity index (χ3v) is 7.77. The van der Waals surface area contributed by atoms with E-state index in [1.54, 1.807) is 12.1 Å². The number of nitrogens with two attached hydrogens (primary N) is 1. The Kier molecular flexibility index (Phi) is 4.56. The van der Waals surface area contributed by atoms with Crippen LogP contribution < -0.4 is 16.0 Å². The van der Waals surface area contributed by atoms with E-state index in [1.807, 2.05) is 6.07 Å². The molecule has 1 aliphatic heterocycles. The summed E-state index contributed by atoms with van der Waals surface area (Å²) in [5.41, 5.74) is 7.76. The van der Waals surface area contributed by atoms with Crippen molar-refractivity contribution in [1.82, 2.24) is 0 Å². The monoisotopic (exact) mass is 381 g/mol. The van der Waals surface area contributed by atoms with Gasteiger partial charge in [-0.05, 0) is 93.2 Å². The van der Waals surface area contributed by atoms with Crippen LogP contribution in [0.5, 0.6) is 0 Å². The maximum absolute atomic E-state index is 13.4. The molecule has 0 aromatic heterocycles. The number of hydrogen-bond donors (Lipinski definition) is 2. The summed E-state index contributed by atoms with van der Waals surface area (Å²) in [5.74, 6) is 2.66. The second-order valence-electron chi connectivity index (χ2n) is 9.59. The molecule has 5 nitrogen and oxygen atoms in total. The summed E-state index contributed by atoms with van der Waals surface area (Å²) in [6.07, 6.45) is 9.89. The van der Waals surface area contributed by atoms with E-state index in [4.69, 9.17) is 5.73 Å². The third kappa shape index (κ3) is 3.19. The number of rotatable bonds is 4. The molecule has 2 amide bonds. The van der Waals surface area contributed by atoms with Crippen LogP contribution in [-0.2, 0) is 4.79 Å². The largest absolute Gasteiger partial charge is 0.370 e. The molecule has 0 spiro atoms. The Morgan fingerprint density at radius 1 is 0.929 bits per heavy atom. The van der Waals surface area contributed by atoms with Gasteiger partial charge in [-0.2, -0.15) is 0 Å². The molecule has 4 aliphatic carbocycles. The lowest BCUT2D eigenvalue weighted by Crippen LogP contribution is -2.49. The summed E-state index contributed by atoms with van der Waals surface area (Å²) in [6, 6.07) is 5.52. The molecule has 28 heavy (non-hydrogen) atoms. The zero-order valence-corrected chi connectivity index (χ0v) is 16.5. The average molecular weight is 382 g/mol. The van der Waals surface area contributed by atoms with Crippen LogP contribution in [0.15, 0.2) is 18.2 Å². The highest BCUT2D eigenvalue weighted by Crippen LogP contribution is 2.56. The molecule has 3 N–H and O–H groups in total. The number of carbonyl (C=O) groups excluding carboxylic acids is 2. The van der Waals surface area contributed by atoms with Gasteiger partial charge in [0.15, 0.2) is 0 Å². The van der Waals surface area contributed by atoms with Crippen molar-refractivity contribution in [3.63, 3.8) is 0 Å². The number of benzene rings is 1. The Labute approximate surface area is 167 Å². The fourth-order valence-electron chi connectivity index (χ4n) is 6.77. The SMILES string of the molecule is NC(=O)c1ccc(N2CCCCC2)c(NC(=O)C2C3CC4CC(C3)CC2C4)c1. The minimum absolute atomic E-state index is 0.138. The molecule has 5 aliphatic rings. The van der Waals surface area contributed by atoms with E-state index >= 15 is 0 Å². The second kappa shape index (κ2) is 7.09. The Morgan fingerprint density at radius 3 is 2.18 bits per heavy atom. The summed E-state index contributed by atoms with van der Waals surface area (Å²) in [4.78, 5) is 27.4. The number of nitrogens with zero attached hydrogens (tertiary/aromatic N) is 1. The zero-order valence-electron chi connectivity index (χ0n) is 16.5. The van der Waals surface area contributed by atoms with Crippen LogP contribution in [0.4, 0.5) is 11.4 Å². The van der Waals surface area contributed by atoms with Crippen molar-refractivity contribution in [2.75, 3.05) is 23.3 Å². The van der Waals surface area contributed by atoms with E-state index in [0.717, 1.165) is 36.3 Å². The first-order valence-corrected chi connectivity index (χ1v) is 11.1. The molecule has 6 rings (SSSR count). The Morgan fingerprint density at radius 2 is 1.57 bits per heavy atom. The van der Waals surface area contributed by atoms with Gasteiger partial charge in [0.25, 0.3) is 0 Å². The van der Waals surface area contributed by atoms with Gasteiger partial charge in [0.05, 0.1) is 11.4 Å². The first-order valence-electron chi connectivity index (χ1n) is 11.1. The van der Waals surface area contributed by atoms with Gasteiger partial charge in [-0.3, -0.25) is 9.59 Å². The van der Waals surface area contributed by atoms with Crippen LogP contribution in [0.3, 0.4) is 0 Å². The number of piperidine rings is 1. The Balaban J connectivity index is 1.40. The highest BCUT2D eigenvalue weighted by Gasteiger charge is 2.50. The van der Waals surface area contributed by atoms with E-state index < -0.39 is 5.91 Å². The summed E-state index contributed by atoms with van der Waals surface area (Å²) in [5, 5.41) is 3.24. The number of nitrogens with one attached hydrogen (secondary N) is 1. The normalized spacial score (nSPS) is 33.7. The van der Waals surface area contributed by atoms with Crippen molar-refractivity contribution >= 4 is 23.2 Å². The summed E-state index contributed by atoms with van der Waals surface area (Å²) in [7, 11) is 0. The molecule has 4 saturated carbocycles. The van der Waals surface area contributed by atoms with Gasteiger partial charge in [-0.15, -0.1) is 0 Å². The van der Waals surface area contributed by atoms with Gasteiger partial charge in [0.2, 0.25) is 11.8 Å². The van der Waals surface area contributed by atoms with Crippen LogP contribution in [0.1, 0.15) is 61.7 Å². The van der Waals surface area contributed by atoms with Gasteiger partial charge in [-0.1, -0.05) is 0 Å². The smallest absolute Gasteiger partial charge is 0.248 e. The molecule has 1 heterocycles. The first-order chi connectivity index (χ1) is 13.6. The molecular formula is C23H31N3O2. The van der Waals surface area contributed by atoms with Crippen molar-refractivity contribution in [3.05, 3.63) is 23.8 Å². The van der Waals surface area contributed by atoms with E-state index in [-0.39, 0.29) is 11.8 Å². The lowest BCUT2D eigenvalue weighted by atomic mass is 9.51. The highest BCUT2D eigenvalue weighted by molar-refractivity contribution is 6.00. The molecule has 0 radical (unpaired) electrons. The maximum Gasteiger partial charge on any atom is 0.248 e. The van der Waals surface area contributed by atoms with Gasteiger partial charge in [0, 0.05) is 24.6 Å². The quantitative estimate of drug-likeness (QED) is 0.833. The predicted octanol–water partition coefficient (Wildman–Crippen LogP) is 3.79. The van der Waals surface area contributed by atoms with Crippen LogP contribution in [-0.4, -0.2) is 24.9 Å². The summed E-state index contributed by atoms with van der Waals surface area (Å²) in [6.45, 7) is 1.99. The molecule has 5 fully saturated rings. The van der Waals surface area contributed by atoms with E-state index in [9.17, 15) is 9.59 Å². The fourth-order valence-corrected chi connectivity index (χ4v) is 6.77. The molecule has 4 bridgehead atoms. The van der Waals surface area contributed by atoms with Crippen molar-refractivity contribution in [2.45, 2.75) is 51.4 Å². The van der Waals surface area contributed by atoms with Gasteiger partial charge >= 0.3 is 0 Å². The molecule has 1 saturated heterocycles. The Bertz CT molecular complexity index is 756. The van der Waals surface area contributed by atoms with Crippen LogP contribution in [0, 0.1) is 29.6 Å². The molecule has 1 aromatic rings. The third-order valence-electron chi connectivity index (χ3n) is 7.77. The summed E-state index contributed by atoms with van der Waals surface area (Å²) >= 11 is 0. The minimum Gasteiger partial charge on any atom is -0.370 e. The zero-order chi connectivity index (χ0) is 19.3. The molecule has 0 unspecified atom stereocenters. The van der Waals surface area contributed by atoms with Crippen molar-refractivity contribution in [2.24, 2.45) is 35.3 Å². The maximum atomic E-state index is 13.4. The second-order valence-corrected chi connectivity index (χ2v) is 9.59. The van der Waals surface area contributed by atoms with Crippen LogP contribution in [0.25, 0.3) is 0 Å². The van der Waals surface area contributed by atoms with E-state index in [2.05, 4.69) is 10.2 Å². The Hall–Kier alpha value is -2.04. The van der Waals surface area contributed by atoms with Crippen LogP contribution >= 0.6 is 0 Å². The number of hydrogen-bond acceptors (Lipinski definition) is 3.